The fourth-order valence-corrected chi connectivity index (χ4v) is 1.84. The number of hydrogen-bond acceptors (Lipinski definition) is 3. The molecule has 1 aromatic rings. The van der Waals surface area contributed by atoms with E-state index in [1.807, 2.05) is 0 Å². The molecule has 1 rings (SSSR count). The summed E-state index contributed by atoms with van der Waals surface area (Å²) in [4.78, 5) is 19.7. The van der Waals surface area contributed by atoms with Crippen LogP contribution in [0.15, 0.2) is 12.1 Å². The van der Waals surface area contributed by atoms with Crippen LogP contribution in [0.3, 0.4) is 0 Å². The monoisotopic (exact) mass is 205 g/mol. The van der Waals surface area contributed by atoms with E-state index >= 15 is 0 Å². The summed E-state index contributed by atoms with van der Waals surface area (Å²) < 4.78 is 0.675. The Balaban J connectivity index is 2.98. The van der Waals surface area contributed by atoms with Gasteiger partial charge in [0.05, 0.1) is 0 Å². The fourth-order valence-electron chi connectivity index (χ4n) is 0.504. The summed E-state index contributed by atoms with van der Waals surface area (Å²) in [6.45, 7) is 0. The van der Waals surface area contributed by atoms with Crippen LogP contribution in [0.25, 0.3) is 0 Å². The zero-order valence-electron chi connectivity index (χ0n) is 4.81. The molecule has 4 nitrogen and oxygen atoms in total. The summed E-state index contributed by atoms with van der Waals surface area (Å²) in [5.74, 6) is 0. The van der Waals surface area contributed by atoms with Gasteiger partial charge in [-0.15, -0.1) is 0 Å². The number of hydrogen-bond donors (Lipinski definition) is 0. The van der Waals surface area contributed by atoms with Gasteiger partial charge in [-0.3, -0.25) is 0 Å². The van der Waals surface area contributed by atoms with Crippen LogP contribution >= 0.6 is 0 Å². The molecule has 1 aromatic heterocycles. The van der Waals surface area contributed by atoms with Gasteiger partial charge >= 0.3 is 61.8 Å². The van der Waals surface area contributed by atoms with E-state index in [2.05, 4.69) is 0 Å². The third-order valence-electron chi connectivity index (χ3n) is 0.909. The van der Waals surface area contributed by atoms with Crippen LogP contribution in [0.2, 0.25) is 0 Å². The van der Waals surface area contributed by atoms with Crippen LogP contribution < -0.4 is 0 Å². The van der Waals surface area contributed by atoms with E-state index < -0.39 is 4.92 Å². The molecule has 0 aliphatic heterocycles. The van der Waals surface area contributed by atoms with E-state index in [1.54, 1.807) is 0 Å². The summed E-state index contributed by atoms with van der Waals surface area (Å²) in [6.07, 6.45) is 0.660. The molecule has 0 bridgehead atoms. The van der Waals surface area contributed by atoms with E-state index in [1.165, 1.54) is 12.1 Å². The minimum absolute atomic E-state index is 0.148. The first-order valence-electron chi connectivity index (χ1n) is 2.43. The predicted octanol–water partition coefficient (Wildman–Crippen LogP) is 0.464. The number of rotatable bonds is 2. The molecule has 52 valence electrons. The van der Waals surface area contributed by atoms with Crippen LogP contribution in [0.5, 0.6) is 0 Å². The van der Waals surface area contributed by atoms with Crippen molar-refractivity contribution in [3.63, 3.8) is 0 Å². The number of carbonyl (C=O) groups is 1. The molecule has 0 aliphatic rings. The second kappa shape index (κ2) is 2.77. The molecular weight excluding hydrogens is 201 g/mol. The van der Waals surface area contributed by atoms with Gasteiger partial charge in [0, 0.05) is 0 Å². The number of aldehydes is 1. The van der Waals surface area contributed by atoms with Crippen molar-refractivity contribution in [3.05, 3.63) is 26.7 Å². The Morgan fingerprint density at radius 3 is 2.60 bits per heavy atom. The maximum atomic E-state index is 10.1. The van der Waals surface area contributed by atoms with E-state index in [4.69, 9.17) is 0 Å². The fraction of sp³-hybridized carbons (Fsp3) is 0. The summed E-state index contributed by atoms with van der Waals surface area (Å²) >= 11 is -0.370. The quantitative estimate of drug-likeness (QED) is 0.304. The van der Waals surface area contributed by atoms with E-state index in [0.29, 0.717) is 10.7 Å². The molecule has 0 unspecified atom stereocenters. The molecule has 0 atom stereocenters. The molecule has 0 radical (unpaired) electrons. The second-order valence-corrected chi connectivity index (χ2v) is 3.85. The summed E-state index contributed by atoms with van der Waals surface area (Å²) in [5.41, 5.74) is 0. The van der Waals surface area contributed by atoms with Gasteiger partial charge in [0.1, 0.15) is 0 Å². The first-order valence-corrected chi connectivity index (χ1v) is 4.15. The van der Waals surface area contributed by atoms with E-state index in [9.17, 15) is 14.9 Å². The Kier molecular flexibility index (Phi) is 1.99. The Morgan fingerprint density at radius 1 is 1.60 bits per heavy atom. The molecule has 0 spiro atoms. The third kappa shape index (κ3) is 1.32. The predicted molar refractivity (Wildman–Crippen MR) is 35.4 cm³/mol. The van der Waals surface area contributed by atoms with Gasteiger partial charge < -0.3 is 0 Å². The molecular formula is C5H3NO3Se. The molecule has 10 heavy (non-hydrogen) atoms. The number of nitro groups is 1. The van der Waals surface area contributed by atoms with Crippen LogP contribution in [-0.2, 0) is 0 Å². The van der Waals surface area contributed by atoms with Gasteiger partial charge in [0.2, 0.25) is 0 Å². The molecule has 0 amide bonds. The molecule has 0 aliphatic carbocycles. The molecule has 5 heteroatoms. The Morgan fingerprint density at radius 2 is 2.30 bits per heavy atom. The molecule has 1 heterocycles. The molecule has 0 saturated heterocycles. The first kappa shape index (κ1) is 7.18. The topological polar surface area (TPSA) is 60.2 Å². The average Bonchev–Trinajstić information content (AvgIpc) is 2.34. The van der Waals surface area contributed by atoms with Gasteiger partial charge in [0.25, 0.3) is 0 Å². The van der Waals surface area contributed by atoms with Crippen molar-refractivity contribution in [2.24, 2.45) is 0 Å². The van der Waals surface area contributed by atoms with Crippen LogP contribution in [0, 0.1) is 10.1 Å². The number of nitrogens with zero attached hydrogens (tertiary/aromatic N) is 1. The van der Waals surface area contributed by atoms with Crippen LogP contribution in [0.1, 0.15) is 9.23 Å². The minimum atomic E-state index is -0.451. The average molecular weight is 204 g/mol. The van der Waals surface area contributed by atoms with Crippen LogP contribution in [0.4, 0.5) is 4.56 Å². The first-order chi connectivity index (χ1) is 4.74. The number of carbonyl (C=O) groups excluding carboxylic acids is 1. The Bertz CT molecular complexity index is 268. The van der Waals surface area contributed by atoms with Crippen molar-refractivity contribution in [1.82, 2.24) is 0 Å². The van der Waals surface area contributed by atoms with Crippen molar-refractivity contribution < 1.29 is 9.72 Å². The second-order valence-electron chi connectivity index (χ2n) is 1.55. The zero-order valence-corrected chi connectivity index (χ0v) is 6.53. The van der Waals surface area contributed by atoms with Gasteiger partial charge in [-0.25, -0.2) is 0 Å². The molecule has 0 N–H and O–H groups in total. The normalized spacial score (nSPS) is 9.20. The van der Waals surface area contributed by atoms with Crippen molar-refractivity contribution in [2.75, 3.05) is 0 Å². The summed E-state index contributed by atoms with van der Waals surface area (Å²) in [7, 11) is 0. The van der Waals surface area contributed by atoms with Crippen molar-refractivity contribution >= 4 is 25.4 Å². The van der Waals surface area contributed by atoms with Gasteiger partial charge in [-0.05, 0) is 0 Å². The zero-order chi connectivity index (χ0) is 7.56. The van der Waals surface area contributed by atoms with E-state index in [-0.39, 0.29) is 19.1 Å². The standard InChI is InChI=1S/C5H3NO3Se/c7-3-4-1-2-5(10-4)6(8)9/h1-3H. The van der Waals surface area contributed by atoms with Crippen molar-refractivity contribution in [1.29, 1.82) is 0 Å². The summed E-state index contributed by atoms with van der Waals surface area (Å²) in [6, 6.07) is 2.87. The molecule has 0 aromatic carbocycles. The molecule has 0 saturated carbocycles. The van der Waals surface area contributed by atoms with Gasteiger partial charge in [-0.2, -0.15) is 0 Å². The Labute approximate surface area is 62.4 Å². The van der Waals surface area contributed by atoms with Crippen molar-refractivity contribution in [3.8, 4) is 0 Å². The third-order valence-corrected chi connectivity index (χ3v) is 2.93. The van der Waals surface area contributed by atoms with Crippen molar-refractivity contribution in [2.45, 2.75) is 0 Å². The van der Waals surface area contributed by atoms with Crippen LogP contribution in [-0.4, -0.2) is 25.7 Å². The SMILES string of the molecule is O=Cc1ccc([N+](=O)[O-])[se]1. The van der Waals surface area contributed by atoms with E-state index in [0.717, 1.165) is 0 Å². The maximum absolute atomic E-state index is 10.1. The van der Waals surface area contributed by atoms with Gasteiger partial charge in [-0.1, -0.05) is 0 Å². The molecule has 0 fully saturated rings. The summed E-state index contributed by atoms with van der Waals surface area (Å²) in [5, 5.41) is 10.1. The van der Waals surface area contributed by atoms with Gasteiger partial charge in [0.15, 0.2) is 0 Å². The Hall–Kier alpha value is -0.931.